The summed E-state index contributed by atoms with van der Waals surface area (Å²) < 4.78 is 19.6. The second-order valence-electron chi connectivity index (χ2n) is 9.05. The molecule has 2 fully saturated rings. The number of nitrogen functional groups attached to an aromatic ring is 1. The SMILES string of the molecule is Nc1ncnc2c1c(-c1ccc(Oc3ccccc3CN3CCOCC3)cc1)cn2C1CCOC1. The van der Waals surface area contributed by atoms with Crippen LogP contribution in [0.15, 0.2) is 61.1 Å². The Balaban J connectivity index is 1.27. The van der Waals surface area contributed by atoms with Crippen LogP contribution < -0.4 is 10.5 Å². The molecule has 0 saturated carbocycles. The number of nitrogens with zero attached hydrogens (tertiary/aromatic N) is 4. The number of ether oxygens (including phenoxy) is 3. The monoisotopic (exact) mass is 471 g/mol. The van der Waals surface area contributed by atoms with E-state index in [1.54, 1.807) is 0 Å². The fourth-order valence-corrected chi connectivity index (χ4v) is 4.91. The van der Waals surface area contributed by atoms with E-state index < -0.39 is 0 Å². The number of aromatic nitrogens is 3. The van der Waals surface area contributed by atoms with Crippen molar-refractivity contribution in [3.63, 3.8) is 0 Å². The Bertz CT molecular complexity index is 1310. The number of para-hydroxylation sites is 1. The molecule has 2 N–H and O–H groups in total. The molecule has 1 unspecified atom stereocenters. The van der Waals surface area contributed by atoms with Crippen molar-refractivity contribution in [2.45, 2.75) is 19.0 Å². The zero-order valence-corrected chi connectivity index (χ0v) is 19.6. The van der Waals surface area contributed by atoms with E-state index in [0.29, 0.717) is 12.4 Å². The molecule has 2 saturated heterocycles. The summed E-state index contributed by atoms with van der Waals surface area (Å²) in [6, 6.07) is 16.6. The van der Waals surface area contributed by atoms with Crippen LogP contribution in [0.1, 0.15) is 18.0 Å². The fraction of sp³-hybridized carbons (Fsp3) is 0.333. The molecule has 2 aliphatic rings. The molecule has 0 radical (unpaired) electrons. The fourth-order valence-electron chi connectivity index (χ4n) is 4.91. The average Bonchev–Trinajstić information content (AvgIpc) is 3.55. The molecule has 4 aromatic rings. The number of fused-ring (bicyclic) bond motifs is 1. The van der Waals surface area contributed by atoms with Gasteiger partial charge in [-0.2, -0.15) is 0 Å². The lowest BCUT2D eigenvalue weighted by atomic mass is 10.1. The molecular weight excluding hydrogens is 442 g/mol. The maximum atomic E-state index is 6.31. The summed E-state index contributed by atoms with van der Waals surface area (Å²) in [7, 11) is 0. The zero-order chi connectivity index (χ0) is 23.6. The summed E-state index contributed by atoms with van der Waals surface area (Å²) in [5.41, 5.74) is 10.4. The van der Waals surface area contributed by atoms with Crippen LogP contribution >= 0.6 is 0 Å². The highest BCUT2D eigenvalue weighted by Gasteiger charge is 2.23. The minimum Gasteiger partial charge on any atom is -0.457 e. The van der Waals surface area contributed by atoms with Crippen molar-refractivity contribution in [3.8, 4) is 22.6 Å². The van der Waals surface area contributed by atoms with Crippen LogP contribution in [0.3, 0.4) is 0 Å². The van der Waals surface area contributed by atoms with Crippen molar-refractivity contribution in [1.82, 2.24) is 19.4 Å². The molecule has 0 amide bonds. The number of anilines is 1. The van der Waals surface area contributed by atoms with Gasteiger partial charge in [0.15, 0.2) is 0 Å². The van der Waals surface area contributed by atoms with E-state index in [9.17, 15) is 0 Å². The van der Waals surface area contributed by atoms with Crippen LogP contribution in [0, 0.1) is 0 Å². The first-order valence-corrected chi connectivity index (χ1v) is 12.1. The lowest BCUT2D eigenvalue weighted by Gasteiger charge is -2.27. The second-order valence-corrected chi connectivity index (χ2v) is 9.05. The first-order valence-electron chi connectivity index (χ1n) is 12.1. The van der Waals surface area contributed by atoms with Gasteiger partial charge in [-0.1, -0.05) is 30.3 Å². The molecule has 8 heteroatoms. The smallest absolute Gasteiger partial charge is 0.146 e. The molecule has 0 aliphatic carbocycles. The average molecular weight is 472 g/mol. The molecule has 35 heavy (non-hydrogen) atoms. The van der Waals surface area contributed by atoms with Crippen LogP contribution in [0.25, 0.3) is 22.2 Å². The maximum absolute atomic E-state index is 6.31. The molecule has 8 nitrogen and oxygen atoms in total. The van der Waals surface area contributed by atoms with Crippen molar-refractivity contribution in [2.75, 3.05) is 45.3 Å². The van der Waals surface area contributed by atoms with E-state index in [1.807, 2.05) is 24.3 Å². The second kappa shape index (κ2) is 9.65. The predicted octanol–water partition coefficient (Wildman–Crippen LogP) is 4.27. The van der Waals surface area contributed by atoms with Crippen LogP contribution in [0.4, 0.5) is 5.82 Å². The van der Waals surface area contributed by atoms with Gasteiger partial charge < -0.3 is 24.5 Å². The largest absolute Gasteiger partial charge is 0.457 e. The van der Waals surface area contributed by atoms with Crippen molar-refractivity contribution >= 4 is 16.9 Å². The number of morpholine rings is 1. The molecule has 0 spiro atoms. The third-order valence-corrected chi connectivity index (χ3v) is 6.80. The van der Waals surface area contributed by atoms with Crippen LogP contribution in [0.5, 0.6) is 11.5 Å². The van der Waals surface area contributed by atoms with Gasteiger partial charge in [-0.15, -0.1) is 0 Å². The Hall–Kier alpha value is -3.46. The molecule has 2 aromatic heterocycles. The van der Waals surface area contributed by atoms with E-state index in [-0.39, 0.29) is 6.04 Å². The first-order chi connectivity index (χ1) is 17.3. The number of benzene rings is 2. The van der Waals surface area contributed by atoms with Gasteiger partial charge in [-0.25, -0.2) is 9.97 Å². The van der Waals surface area contributed by atoms with E-state index in [0.717, 1.165) is 79.5 Å². The van der Waals surface area contributed by atoms with Gasteiger partial charge in [-0.3, -0.25) is 4.90 Å². The highest BCUT2D eigenvalue weighted by atomic mass is 16.5. The third-order valence-electron chi connectivity index (χ3n) is 6.80. The Morgan fingerprint density at radius 1 is 0.971 bits per heavy atom. The van der Waals surface area contributed by atoms with Crippen molar-refractivity contribution in [1.29, 1.82) is 0 Å². The van der Waals surface area contributed by atoms with Crippen LogP contribution in [-0.4, -0.2) is 59.0 Å². The molecule has 1 atom stereocenters. The summed E-state index contributed by atoms with van der Waals surface area (Å²) in [6.07, 6.45) is 4.62. The zero-order valence-electron chi connectivity index (χ0n) is 19.6. The van der Waals surface area contributed by atoms with Crippen LogP contribution in [0.2, 0.25) is 0 Å². The maximum Gasteiger partial charge on any atom is 0.146 e. The lowest BCUT2D eigenvalue weighted by Crippen LogP contribution is -2.35. The topological polar surface area (TPSA) is 87.7 Å². The minimum atomic E-state index is 0.256. The van der Waals surface area contributed by atoms with Gasteiger partial charge in [0.2, 0.25) is 0 Å². The van der Waals surface area contributed by atoms with Crippen molar-refractivity contribution in [3.05, 3.63) is 66.6 Å². The molecule has 4 heterocycles. The van der Waals surface area contributed by atoms with Gasteiger partial charge in [0.1, 0.15) is 29.3 Å². The number of hydrogen-bond donors (Lipinski definition) is 1. The first kappa shape index (κ1) is 22.0. The molecule has 2 aliphatic heterocycles. The molecule has 6 rings (SSSR count). The summed E-state index contributed by atoms with van der Waals surface area (Å²) in [4.78, 5) is 11.2. The highest BCUT2D eigenvalue weighted by Crippen LogP contribution is 2.37. The van der Waals surface area contributed by atoms with Crippen molar-refractivity contribution in [2.24, 2.45) is 0 Å². The predicted molar refractivity (Wildman–Crippen MR) is 134 cm³/mol. The Kier molecular flexibility index (Phi) is 6.08. The molecule has 180 valence electrons. The van der Waals surface area contributed by atoms with Gasteiger partial charge in [0, 0.05) is 43.6 Å². The summed E-state index contributed by atoms with van der Waals surface area (Å²) in [6.45, 7) is 5.74. The number of nitrogens with two attached hydrogens (primary N) is 1. The van der Waals surface area contributed by atoms with Crippen molar-refractivity contribution < 1.29 is 14.2 Å². The minimum absolute atomic E-state index is 0.256. The summed E-state index contributed by atoms with van der Waals surface area (Å²) in [5, 5.41) is 0.879. The molecular formula is C27H29N5O3. The van der Waals surface area contributed by atoms with E-state index in [1.165, 1.54) is 11.9 Å². The quantitative estimate of drug-likeness (QED) is 0.449. The van der Waals surface area contributed by atoms with Gasteiger partial charge in [0.05, 0.1) is 31.2 Å². The molecule has 0 bridgehead atoms. The summed E-state index contributed by atoms with van der Waals surface area (Å²) in [5.74, 6) is 2.16. The van der Waals surface area contributed by atoms with Gasteiger partial charge >= 0.3 is 0 Å². The Labute approximate surface area is 204 Å². The van der Waals surface area contributed by atoms with Gasteiger partial charge in [0.25, 0.3) is 0 Å². The number of hydrogen-bond acceptors (Lipinski definition) is 7. The lowest BCUT2D eigenvalue weighted by molar-refractivity contribution is 0.0339. The molecule has 2 aromatic carbocycles. The normalized spacial score (nSPS) is 18.8. The van der Waals surface area contributed by atoms with E-state index in [4.69, 9.17) is 19.9 Å². The van der Waals surface area contributed by atoms with E-state index in [2.05, 4.69) is 49.9 Å². The van der Waals surface area contributed by atoms with Crippen LogP contribution in [-0.2, 0) is 16.0 Å². The summed E-state index contributed by atoms with van der Waals surface area (Å²) >= 11 is 0. The Morgan fingerprint density at radius 2 is 1.80 bits per heavy atom. The third kappa shape index (κ3) is 4.48. The highest BCUT2D eigenvalue weighted by molar-refractivity contribution is 6.00. The standard InChI is InChI=1S/C27H29N5O3/c28-26-25-23(16-32(21-9-12-34-17-21)27(25)30-18-29-26)19-5-7-22(8-6-19)35-24-4-2-1-3-20(24)15-31-10-13-33-14-11-31/h1-8,16,18,21H,9-15,17H2,(H2,28,29,30). The Morgan fingerprint density at radius 3 is 2.60 bits per heavy atom. The number of rotatable bonds is 6. The van der Waals surface area contributed by atoms with E-state index >= 15 is 0 Å². The van der Waals surface area contributed by atoms with Gasteiger partial charge in [-0.05, 0) is 30.2 Å².